The van der Waals surface area contributed by atoms with Crippen molar-refractivity contribution in [1.29, 1.82) is 0 Å². The number of anilines is 1. The van der Waals surface area contributed by atoms with Crippen LogP contribution in [0, 0.1) is 5.92 Å². The average Bonchev–Trinajstić information content (AvgIpc) is 2.30. The van der Waals surface area contributed by atoms with E-state index >= 15 is 0 Å². The van der Waals surface area contributed by atoms with Crippen LogP contribution < -0.4 is 4.90 Å². The molecule has 2 rings (SSSR count). The van der Waals surface area contributed by atoms with Gasteiger partial charge >= 0.3 is 0 Å². The zero-order chi connectivity index (χ0) is 9.80. The van der Waals surface area contributed by atoms with Gasteiger partial charge in [0.2, 0.25) is 0 Å². The molecule has 0 saturated carbocycles. The van der Waals surface area contributed by atoms with Crippen LogP contribution in [-0.2, 0) is 4.79 Å². The van der Waals surface area contributed by atoms with E-state index in [1.807, 2.05) is 18.2 Å². The molecule has 0 amide bonds. The van der Waals surface area contributed by atoms with Crippen LogP contribution in [-0.4, -0.2) is 19.4 Å². The molecule has 0 aromatic heterocycles. The third-order valence-corrected chi connectivity index (χ3v) is 2.77. The summed E-state index contributed by atoms with van der Waals surface area (Å²) in [6, 6.07) is 10.3. The molecule has 1 atom stereocenters. The maximum atomic E-state index is 10.7. The summed E-state index contributed by atoms with van der Waals surface area (Å²) >= 11 is 0. The summed E-state index contributed by atoms with van der Waals surface area (Å²) in [6.07, 6.45) is 3.26. The van der Waals surface area contributed by atoms with Crippen molar-refractivity contribution >= 4 is 12.0 Å². The molecule has 1 aliphatic rings. The number of hydrogen-bond acceptors (Lipinski definition) is 2. The molecule has 1 aliphatic heterocycles. The minimum absolute atomic E-state index is 0.226. The van der Waals surface area contributed by atoms with Crippen molar-refractivity contribution in [2.24, 2.45) is 5.92 Å². The van der Waals surface area contributed by atoms with Crippen LogP contribution in [0.25, 0.3) is 0 Å². The van der Waals surface area contributed by atoms with Gasteiger partial charge in [0.25, 0.3) is 0 Å². The van der Waals surface area contributed by atoms with Crippen LogP contribution in [0.4, 0.5) is 5.69 Å². The highest BCUT2D eigenvalue weighted by molar-refractivity contribution is 5.57. The molecule has 2 nitrogen and oxygen atoms in total. The summed E-state index contributed by atoms with van der Waals surface area (Å²) in [4.78, 5) is 13.0. The van der Waals surface area contributed by atoms with E-state index in [4.69, 9.17) is 0 Å². The van der Waals surface area contributed by atoms with Gasteiger partial charge in [0, 0.05) is 24.7 Å². The predicted molar refractivity (Wildman–Crippen MR) is 57.4 cm³/mol. The smallest absolute Gasteiger partial charge is 0.124 e. The number of carbonyl (C=O) groups excluding carboxylic acids is 1. The number of nitrogens with zero attached hydrogens (tertiary/aromatic N) is 1. The Labute approximate surface area is 84.5 Å². The van der Waals surface area contributed by atoms with Crippen LogP contribution in [0.5, 0.6) is 0 Å². The van der Waals surface area contributed by atoms with Gasteiger partial charge in [0.15, 0.2) is 0 Å². The molecule has 0 N–H and O–H groups in total. The number of hydrogen-bond donors (Lipinski definition) is 0. The minimum Gasteiger partial charge on any atom is -0.371 e. The Kier molecular flexibility index (Phi) is 2.82. The first-order chi connectivity index (χ1) is 6.90. The third-order valence-electron chi connectivity index (χ3n) is 2.77. The normalized spacial score (nSPS) is 22.0. The highest BCUT2D eigenvalue weighted by atomic mass is 16.1. The lowest BCUT2D eigenvalue weighted by atomic mass is 9.99. The fraction of sp³-hybridized carbons (Fsp3) is 0.417. The highest BCUT2D eigenvalue weighted by Gasteiger charge is 2.18. The monoisotopic (exact) mass is 189 g/mol. The molecule has 0 spiro atoms. The van der Waals surface area contributed by atoms with E-state index in [1.165, 1.54) is 5.69 Å². The van der Waals surface area contributed by atoms with Gasteiger partial charge in [-0.05, 0) is 25.0 Å². The van der Waals surface area contributed by atoms with E-state index < -0.39 is 0 Å². The molecule has 14 heavy (non-hydrogen) atoms. The Morgan fingerprint density at radius 2 is 2.07 bits per heavy atom. The van der Waals surface area contributed by atoms with Gasteiger partial charge in [-0.1, -0.05) is 18.2 Å². The second-order valence-corrected chi connectivity index (χ2v) is 3.82. The Balaban J connectivity index is 2.08. The first-order valence-electron chi connectivity index (χ1n) is 5.15. The fourth-order valence-electron chi connectivity index (χ4n) is 1.99. The van der Waals surface area contributed by atoms with Crippen LogP contribution in [0.2, 0.25) is 0 Å². The summed E-state index contributed by atoms with van der Waals surface area (Å²) in [5.74, 6) is 0.226. The molecule has 0 unspecified atom stereocenters. The van der Waals surface area contributed by atoms with E-state index in [-0.39, 0.29) is 5.92 Å². The number of aldehydes is 1. The van der Waals surface area contributed by atoms with Crippen molar-refractivity contribution in [2.45, 2.75) is 12.8 Å². The van der Waals surface area contributed by atoms with Crippen molar-refractivity contribution in [3.05, 3.63) is 30.3 Å². The van der Waals surface area contributed by atoms with Gasteiger partial charge in [-0.15, -0.1) is 0 Å². The van der Waals surface area contributed by atoms with Crippen molar-refractivity contribution in [2.75, 3.05) is 18.0 Å². The van der Waals surface area contributed by atoms with E-state index in [0.717, 1.165) is 32.2 Å². The molecule has 74 valence electrons. The minimum atomic E-state index is 0.226. The first-order valence-corrected chi connectivity index (χ1v) is 5.15. The standard InChI is InChI=1S/C12H15NO/c14-10-11-5-4-8-13(9-11)12-6-2-1-3-7-12/h1-3,6-7,10-11H,4-5,8-9H2/t11-/m0/s1. The topological polar surface area (TPSA) is 20.3 Å². The first kappa shape index (κ1) is 9.25. The summed E-state index contributed by atoms with van der Waals surface area (Å²) in [5, 5.41) is 0. The Hall–Kier alpha value is -1.31. The maximum Gasteiger partial charge on any atom is 0.124 e. The molecular weight excluding hydrogens is 174 g/mol. The van der Waals surface area contributed by atoms with Gasteiger partial charge in [-0.2, -0.15) is 0 Å². The SMILES string of the molecule is O=C[C@H]1CCCN(c2ccccc2)C1. The Bertz CT molecular complexity index is 296. The van der Waals surface area contributed by atoms with Crippen molar-refractivity contribution in [3.63, 3.8) is 0 Å². The Morgan fingerprint density at radius 1 is 1.29 bits per heavy atom. The number of carbonyl (C=O) groups is 1. The molecule has 1 fully saturated rings. The summed E-state index contributed by atoms with van der Waals surface area (Å²) in [5.41, 5.74) is 1.24. The molecule has 0 aliphatic carbocycles. The molecule has 0 radical (unpaired) electrons. The molecule has 1 heterocycles. The number of piperidine rings is 1. The lowest BCUT2D eigenvalue weighted by Crippen LogP contribution is -2.35. The van der Waals surface area contributed by atoms with Gasteiger partial charge < -0.3 is 9.69 Å². The molecule has 0 bridgehead atoms. The maximum absolute atomic E-state index is 10.7. The molecule has 1 aromatic carbocycles. The number of rotatable bonds is 2. The highest BCUT2D eigenvalue weighted by Crippen LogP contribution is 2.21. The molecule has 1 aromatic rings. The molecule has 1 saturated heterocycles. The second-order valence-electron chi connectivity index (χ2n) is 3.82. The Morgan fingerprint density at radius 3 is 2.79 bits per heavy atom. The van der Waals surface area contributed by atoms with E-state index in [1.54, 1.807) is 0 Å². The van der Waals surface area contributed by atoms with Crippen LogP contribution >= 0.6 is 0 Å². The molecular formula is C12H15NO. The van der Waals surface area contributed by atoms with Crippen LogP contribution in [0.3, 0.4) is 0 Å². The van der Waals surface area contributed by atoms with E-state index in [2.05, 4.69) is 17.0 Å². The van der Waals surface area contributed by atoms with Gasteiger partial charge in [-0.25, -0.2) is 0 Å². The van der Waals surface area contributed by atoms with Crippen molar-refractivity contribution < 1.29 is 4.79 Å². The largest absolute Gasteiger partial charge is 0.371 e. The lowest BCUT2D eigenvalue weighted by molar-refractivity contribution is -0.111. The number of para-hydroxylation sites is 1. The zero-order valence-corrected chi connectivity index (χ0v) is 8.23. The van der Waals surface area contributed by atoms with Crippen molar-refractivity contribution in [3.8, 4) is 0 Å². The molecule has 2 heteroatoms. The lowest BCUT2D eigenvalue weighted by Gasteiger charge is -2.32. The quantitative estimate of drug-likeness (QED) is 0.664. The average molecular weight is 189 g/mol. The van der Waals surface area contributed by atoms with Gasteiger partial charge in [0.05, 0.1) is 0 Å². The van der Waals surface area contributed by atoms with Crippen molar-refractivity contribution in [1.82, 2.24) is 0 Å². The van der Waals surface area contributed by atoms with Crippen LogP contribution in [0.15, 0.2) is 30.3 Å². The van der Waals surface area contributed by atoms with Gasteiger partial charge in [0.1, 0.15) is 6.29 Å². The third kappa shape index (κ3) is 1.95. The second kappa shape index (κ2) is 4.27. The summed E-state index contributed by atoms with van der Waals surface area (Å²) in [6.45, 7) is 1.96. The zero-order valence-electron chi connectivity index (χ0n) is 8.23. The van der Waals surface area contributed by atoms with E-state index in [0.29, 0.717) is 0 Å². The summed E-state index contributed by atoms with van der Waals surface area (Å²) in [7, 11) is 0. The summed E-state index contributed by atoms with van der Waals surface area (Å²) < 4.78 is 0. The predicted octanol–water partition coefficient (Wildman–Crippen LogP) is 2.10. The van der Waals surface area contributed by atoms with E-state index in [9.17, 15) is 4.79 Å². The van der Waals surface area contributed by atoms with Gasteiger partial charge in [-0.3, -0.25) is 0 Å². The fourth-order valence-corrected chi connectivity index (χ4v) is 1.99. The van der Waals surface area contributed by atoms with Crippen LogP contribution in [0.1, 0.15) is 12.8 Å². The number of benzene rings is 1.